The predicted molar refractivity (Wildman–Crippen MR) is 464 cm³/mol. The lowest BCUT2D eigenvalue weighted by atomic mass is 9.81. The number of carboxylic acid groups (broad SMARTS) is 2. The van der Waals surface area contributed by atoms with Crippen molar-refractivity contribution < 1.29 is 29.3 Å². The van der Waals surface area contributed by atoms with E-state index >= 15 is 0 Å². The van der Waals surface area contributed by atoms with Crippen LogP contribution in [0.2, 0.25) is 0 Å². The lowest BCUT2D eigenvalue weighted by Crippen LogP contribution is -2.20. The molecule has 6 aromatic heterocycles. The Hall–Kier alpha value is -8.97. The van der Waals surface area contributed by atoms with E-state index in [4.69, 9.17) is 16.3 Å². The third-order valence-electron chi connectivity index (χ3n) is 26.0. The van der Waals surface area contributed by atoms with Crippen LogP contribution in [-0.2, 0) is 50.4 Å². The van der Waals surface area contributed by atoms with E-state index in [0.29, 0.717) is 40.3 Å². The van der Waals surface area contributed by atoms with Crippen LogP contribution in [0.5, 0.6) is 0 Å². The van der Waals surface area contributed by atoms with Gasteiger partial charge in [0.1, 0.15) is 0 Å². The quantitative estimate of drug-likeness (QED) is 0.0565. The van der Waals surface area contributed by atoms with Crippen molar-refractivity contribution in [1.82, 2.24) is 37.2 Å². The number of para-hydroxylation sites is 3. The van der Waals surface area contributed by atoms with Crippen molar-refractivity contribution in [1.29, 1.82) is 0 Å². The Labute approximate surface area is 676 Å². The molecule has 112 heavy (non-hydrogen) atoms. The number of hydrogen-bond acceptors (Lipinski definition) is 6. The zero-order valence-electron chi connectivity index (χ0n) is 65.0. The Balaban J connectivity index is 0.000000119. The van der Waals surface area contributed by atoms with E-state index in [1.807, 2.05) is 24.3 Å². The minimum Gasteiger partial charge on any atom is -0.478 e. The molecule has 3 aliphatic carbocycles. The molecule has 3 saturated carbocycles. The fourth-order valence-electron chi connectivity index (χ4n) is 21.0. The number of carboxylic acids is 2. The molecule has 16 heteroatoms. The highest BCUT2D eigenvalue weighted by Gasteiger charge is 2.35. The van der Waals surface area contributed by atoms with Gasteiger partial charge in [-0.25, -0.2) is 14.4 Å². The number of aromatic nitrogens is 6. The summed E-state index contributed by atoms with van der Waals surface area (Å²) in [7, 11) is 1.46. The van der Waals surface area contributed by atoms with Crippen LogP contribution < -0.4 is 0 Å². The Bertz CT molecular complexity index is 5670. The van der Waals surface area contributed by atoms with Crippen molar-refractivity contribution in [3.63, 3.8) is 0 Å². The maximum absolute atomic E-state index is 12.3. The van der Waals surface area contributed by atoms with Crippen molar-refractivity contribution in [2.45, 2.75) is 211 Å². The lowest BCUT2D eigenvalue weighted by molar-refractivity contribution is 0.0599. The topological polar surface area (TPSA) is 137 Å². The molecule has 20 rings (SSSR count). The normalized spacial score (nSPS) is 17.4. The molecule has 0 spiro atoms. The molecule has 12 aromatic rings. The first kappa shape index (κ1) is 75.7. The number of rotatable bonds is 11. The molecule has 0 atom stereocenters. The SMILES string of the molecule is C#CCCl.COC(=O)c1ccc2c(C3CCCCC3)c3n(c2c1)CCCn1cc(I)c2cccc-3c21.O=C(O)c1ccc2c(C3CCCCC3)c3n(c2c1)CCCn1cc(C#CCN2CCCC2)c2cccc-3c21.O=C(O)c1ccc2c(C3CCCCC3)c3n(c2c1)CCCn1cc(CCCN2CCCC2)c2cccc-3c21. The van der Waals surface area contributed by atoms with Crippen LogP contribution in [0.1, 0.15) is 224 Å². The number of carbonyl (C=O) groups excluding carboxylic acids is 1. The second-order valence-electron chi connectivity index (χ2n) is 32.7. The number of likely N-dealkylation sites (tertiary alicyclic amines) is 2. The summed E-state index contributed by atoms with van der Waals surface area (Å²) in [5, 5.41) is 27.3. The van der Waals surface area contributed by atoms with Gasteiger partial charge in [0.25, 0.3) is 0 Å². The monoisotopic (exact) mass is 1630 g/mol. The minimum absolute atomic E-state index is 0.266. The number of terminal acetylenes is 1. The standard InChI is InChI=1S/C33H39N3O2.C33H35N3O2.C27H27IN2O2.C3H3Cl/c2*37-33(38)24-14-15-27-29(21-24)36-20-8-19-35-22-25(11-7-18-34-16-4-5-17-34)26-12-6-13-28(31(26)35)32(36)30(27)23-9-2-1-3-10-23;1-32-27(31)18-11-12-20-23(15-18)30-14-6-13-29-16-22(28)19-9-5-10-21(25(19)29)26(30)24(20)17-7-3-2-4-8-17;1-2-3-4/h6,12-15,21-23H,1-5,7-11,16-20H2,(H,37,38);6,12-15,21-23H,1-5,8-10,16-20H2,(H,37,38);5,9-12,15-17H,2-4,6-8,13-14H2,1H3;1H,3H2. The zero-order chi connectivity index (χ0) is 76.5. The van der Waals surface area contributed by atoms with Crippen molar-refractivity contribution in [3.05, 3.63) is 176 Å². The number of alkyl halides is 1. The van der Waals surface area contributed by atoms with Crippen LogP contribution >= 0.6 is 34.2 Å². The molecule has 14 nitrogen and oxygen atoms in total. The molecular formula is C96H104ClIN8O6. The van der Waals surface area contributed by atoms with E-state index in [9.17, 15) is 24.6 Å². The van der Waals surface area contributed by atoms with Gasteiger partial charge in [0.05, 0.1) is 75.4 Å². The molecule has 0 bridgehead atoms. The molecule has 8 aliphatic rings. The fraction of sp³-hybridized carbons (Fsp3) is 0.427. The van der Waals surface area contributed by atoms with Crippen LogP contribution in [-0.4, -0.2) is 118 Å². The molecule has 2 saturated heterocycles. The zero-order valence-corrected chi connectivity index (χ0v) is 67.9. The van der Waals surface area contributed by atoms with E-state index in [1.54, 1.807) is 6.07 Å². The number of nitrogens with zero attached hydrogens (tertiary/aromatic N) is 8. The van der Waals surface area contributed by atoms with E-state index in [1.165, 1.54) is 282 Å². The molecule has 0 amide bonds. The summed E-state index contributed by atoms with van der Waals surface area (Å²) in [5.74, 6) is 9.16. The smallest absolute Gasteiger partial charge is 0.337 e. The van der Waals surface area contributed by atoms with E-state index in [0.717, 1.165) is 88.1 Å². The van der Waals surface area contributed by atoms with Crippen LogP contribution in [0.4, 0.5) is 0 Å². The molecule has 6 aromatic carbocycles. The summed E-state index contributed by atoms with van der Waals surface area (Å²) >= 11 is 7.42. The van der Waals surface area contributed by atoms with E-state index in [2.05, 4.69) is 181 Å². The van der Waals surface area contributed by atoms with Crippen LogP contribution in [0, 0.1) is 27.8 Å². The van der Waals surface area contributed by atoms with Gasteiger partial charge in [-0.2, -0.15) is 0 Å². The van der Waals surface area contributed by atoms with E-state index in [-0.39, 0.29) is 5.97 Å². The number of esters is 1. The van der Waals surface area contributed by atoms with Crippen molar-refractivity contribution in [2.75, 3.05) is 52.3 Å². The molecule has 0 unspecified atom stereocenters. The average Bonchev–Trinajstić information content (AvgIpc) is 1.58. The fourth-order valence-corrected chi connectivity index (χ4v) is 21.8. The number of ether oxygens (including phenoxy) is 1. The maximum Gasteiger partial charge on any atom is 0.337 e. The Morgan fingerprint density at radius 2 is 0.884 bits per heavy atom. The van der Waals surface area contributed by atoms with Crippen molar-refractivity contribution >= 4 is 118 Å². The predicted octanol–water partition coefficient (Wildman–Crippen LogP) is 22.3. The Morgan fingerprint density at radius 3 is 1.35 bits per heavy atom. The first-order chi connectivity index (χ1) is 55.0. The largest absolute Gasteiger partial charge is 0.478 e. The van der Waals surface area contributed by atoms with Gasteiger partial charge in [0.2, 0.25) is 0 Å². The Morgan fingerprint density at radius 1 is 0.473 bits per heavy atom. The maximum atomic E-state index is 12.3. The number of benzene rings is 6. The van der Waals surface area contributed by atoms with Crippen LogP contribution in [0.15, 0.2) is 128 Å². The Kier molecular flexibility index (Phi) is 22.7. The third kappa shape index (κ3) is 14.6. The number of fused-ring (bicyclic) bond motifs is 12. The van der Waals surface area contributed by atoms with Gasteiger partial charge in [-0.1, -0.05) is 148 Å². The van der Waals surface area contributed by atoms with Gasteiger partial charge in [-0.15, -0.1) is 18.0 Å². The molecule has 2 N–H and O–H groups in total. The van der Waals surface area contributed by atoms with Gasteiger partial charge in [-0.05, 0) is 228 Å². The highest BCUT2D eigenvalue weighted by molar-refractivity contribution is 14.1. The summed E-state index contributed by atoms with van der Waals surface area (Å²) in [6.07, 6.45) is 41.5. The van der Waals surface area contributed by atoms with Gasteiger partial charge >= 0.3 is 17.9 Å². The second kappa shape index (κ2) is 33.6. The van der Waals surface area contributed by atoms with Gasteiger partial charge in [-0.3, -0.25) is 4.90 Å². The number of aryl methyl sites for hydroxylation is 7. The molecular weight excluding hydrogens is 1520 g/mol. The molecule has 5 fully saturated rings. The summed E-state index contributed by atoms with van der Waals surface area (Å²) in [6.45, 7) is 12.6. The number of carbonyl (C=O) groups is 3. The summed E-state index contributed by atoms with van der Waals surface area (Å²) in [4.78, 5) is 41.2. The van der Waals surface area contributed by atoms with Crippen LogP contribution in [0.3, 0.4) is 0 Å². The molecule has 578 valence electrons. The second-order valence-corrected chi connectivity index (χ2v) is 34.2. The molecule has 5 aliphatic heterocycles. The van der Waals surface area contributed by atoms with E-state index < -0.39 is 11.9 Å². The summed E-state index contributed by atoms with van der Waals surface area (Å²) in [6, 6.07) is 38.2. The molecule has 11 heterocycles. The molecule has 0 radical (unpaired) electrons. The summed E-state index contributed by atoms with van der Waals surface area (Å²) in [5.41, 5.74) is 23.7. The van der Waals surface area contributed by atoms with Crippen LogP contribution in [0.25, 0.3) is 99.2 Å². The van der Waals surface area contributed by atoms with Crippen molar-refractivity contribution in [3.8, 4) is 58.0 Å². The highest BCUT2D eigenvalue weighted by atomic mass is 127. The average molecular weight is 1630 g/mol. The number of halogens is 2. The number of hydrogen-bond donors (Lipinski definition) is 2. The first-order valence-corrected chi connectivity index (χ1v) is 43.6. The van der Waals surface area contributed by atoms with Gasteiger partial charge in [0, 0.05) is 127 Å². The summed E-state index contributed by atoms with van der Waals surface area (Å²) < 4.78 is 21.2. The lowest BCUT2D eigenvalue weighted by Gasteiger charge is -2.25. The van der Waals surface area contributed by atoms with Gasteiger partial charge < -0.3 is 47.3 Å². The third-order valence-corrected chi connectivity index (χ3v) is 27.0. The van der Waals surface area contributed by atoms with Gasteiger partial charge in [0.15, 0.2) is 0 Å². The first-order valence-electron chi connectivity index (χ1n) is 41.9. The highest BCUT2D eigenvalue weighted by Crippen LogP contribution is 2.51. The number of methoxy groups -OCH3 is 1. The van der Waals surface area contributed by atoms with Crippen molar-refractivity contribution in [2.24, 2.45) is 0 Å². The number of aromatic carboxylic acids is 2. The minimum atomic E-state index is -0.861.